The van der Waals surface area contributed by atoms with Crippen LogP contribution in [-0.4, -0.2) is 30.1 Å². The van der Waals surface area contributed by atoms with Gasteiger partial charge in [-0.25, -0.2) is 4.98 Å². The number of anilines is 1. The van der Waals surface area contributed by atoms with Crippen LogP contribution >= 0.6 is 0 Å². The molecule has 0 radical (unpaired) electrons. The van der Waals surface area contributed by atoms with E-state index in [2.05, 4.69) is 9.88 Å². The highest BCUT2D eigenvalue weighted by Crippen LogP contribution is 2.29. The van der Waals surface area contributed by atoms with Crippen LogP contribution in [0.1, 0.15) is 19.3 Å². The topological polar surface area (TPSA) is 68.5 Å². The number of hydrogen-bond acceptors (Lipinski definition) is 4. The Bertz CT molecular complexity index is 459. The van der Waals surface area contributed by atoms with Gasteiger partial charge in [0, 0.05) is 31.0 Å². The molecule has 0 aromatic carbocycles. The summed E-state index contributed by atoms with van der Waals surface area (Å²) >= 11 is 0. The molecule has 0 unspecified atom stereocenters. The maximum Gasteiger partial charge on any atom is 0.222 e. The van der Waals surface area contributed by atoms with Crippen molar-refractivity contribution in [1.82, 2.24) is 4.98 Å². The van der Waals surface area contributed by atoms with Crippen LogP contribution in [0.15, 0.2) is 18.3 Å². The van der Waals surface area contributed by atoms with Gasteiger partial charge >= 0.3 is 0 Å². The summed E-state index contributed by atoms with van der Waals surface area (Å²) in [6, 6.07) is 3.89. The quantitative estimate of drug-likeness (QED) is 0.859. The van der Waals surface area contributed by atoms with Crippen molar-refractivity contribution in [3.63, 3.8) is 0 Å². The van der Waals surface area contributed by atoms with E-state index in [1.807, 2.05) is 12.1 Å². The minimum atomic E-state index is -0.207. The van der Waals surface area contributed by atoms with Crippen molar-refractivity contribution in [3.05, 3.63) is 18.3 Å². The molecule has 2 aliphatic rings. The third-order valence-corrected chi connectivity index (χ3v) is 3.49. The minimum absolute atomic E-state index is 0.0361. The number of hydrogen-bond donors (Lipinski definition) is 1. The van der Waals surface area contributed by atoms with Crippen molar-refractivity contribution in [1.29, 1.82) is 0 Å². The highest BCUT2D eigenvalue weighted by atomic mass is 16.5. The van der Waals surface area contributed by atoms with Gasteiger partial charge in [0.05, 0.1) is 5.92 Å². The van der Waals surface area contributed by atoms with E-state index in [1.54, 1.807) is 6.20 Å². The molecular formula is C13H17N3O2. The predicted molar refractivity (Wildman–Crippen MR) is 67.4 cm³/mol. The van der Waals surface area contributed by atoms with Gasteiger partial charge in [0.15, 0.2) is 0 Å². The van der Waals surface area contributed by atoms with Crippen LogP contribution in [0, 0.1) is 5.92 Å². The van der Waals surface area contributed by atoms with Crippen molar-refractivity contribution in [2.45, 2.75) is 25.4 Å². The molecular weight excluding hydrogens is 230 g/mol. The van der Waals surface area contributed by atoms with Gasteiger partial charge in [0.1, 0.15) is 6.10 Å². The van der Waals surface area contributed by atoms with E-state index in [1.165, 1.54) is 0 Å². The largest absolute Gasteiger partial charge is 0.474 e. The predicted octanol–water partition coefficient (Wildman–Crippen LogP) is 0.934. The molecule has 3 rings (SSSR count). The van der Waals surface area contributed by atoms with Gasteiger partial charge in [0.2, 0.25) is 11.8 Å². The number of nitrogens with zero attached hydrogens (tertiary/aromatic N) is 2. The molecule has 1 aliphatic heterocycles. The highest BCUT2D eigenvalue weighted by Gasteiger charge is 2.28. The summed E-state index contributed by atoms with van der Waals surface area (Å²) in [5, 5.41) is 0. The first-order valence-corrected chi connectivity index (χ1v) is 6.39. The first kappa shape index (κ1) is 11.3. The number of carbonyl (C=O) groups is 1. The lowest BCUT2D eigenvalue weighted by Gasteiger charge is -2.18. The smallest absolute Gasteiger partial charge is 0.222 e. The molecule has 1 amide bonds. The molecule has 2 fully saturated rings. The third-order valence-electron chi connectivity index (χ3n) is 3.49. The number of amides is 1. The van der Waals surface area contributed by atoms with E-state index >= 15 is 0 Å². The zero-order valence-electron chi connectivity index (χ0n) is 10.2. The zero-order valence-corrected chi connectivity index (χ0v) is 10.2. The van der Waals surface area contributed by atoms with Crippen LogP contribution in [0.2, 0.25) is 0 Å². The molecule has 1 aromatic rings. The fraction of sp³-hybridized carbons (Fsp3) is 0.538. The van der Waals surface area contributed by atoms with E-state index in [4.69, 9.17) is 10.5 Å². The molecule has 1 atom stereocenters. The van der Waals surface area contributed by atoms with E-state index < -0.39 is 0 Å². The molecule has 2 heterocycles. The van der Waals surface area contributed by atoms with Gasteiger partial charge in [-0.1, -0.05) is 0 Å². The van der Waals surface area contributed by atoms with Crippen molar-refractivity contribution >= 4 is 11.6 Å². The summed E-state index contributed by atoms with van der Waals surface area (Å²) in [4.78, 5) is 17.5. The number of rotatable bonds is 4. The average Bonchev–Trinajstić information content (AvgIpc) is 3.03. The number of aromatic nitrogens is 1. The lowest BCUT2D eigenvalue weighted by atomic mass is 10.1. The Morgan fingerprint density at radius 2 is 2.28 bits per heavy atom. The van der Waals surface area contributed by atoms with Crippen molar-refractivity contribution in [2.24, 2.45) is 11.7 Å². The molecule has 1 saturated carbocycles. The minimum Gasteiger partial charge on any atom is -0.474 e. The fourth-order valence-electron chi connectivity index (χ4n) is 2.24. The highest BCUT2D eigenvalue weighted by molar-refractivity contribution is 5.78. The van der Waals surface area contributed by atoms with Gasteiger partial charge in [-0.3, -0.25) is 4.79 Å². The van der Waals surface area contributed by atoms with Crippen LogP contribution in [0.4, 0.5) is 5.69 Å². The maximum absolute atomic E-state index is 11.2. The van der Waals surface area contributed by atoms with E-state index in [0.717, 1.165) is 31.5 Å². The molecule has 2 N–H and O–H groups in total. The monoisotopic (exact) mass is 247 g/mol. The normalized spacial score (nSPS) is 23.1. The summed E-state index contributed by atoms with van der Waals surface area (Å²) in [6.07, 6.45) is 5.18. The van der Waals surface area contributed by atoms with Gasteiger partial charge in [0.25, 0.3) is 0 Å². The van der Waals surface area contributed by atoms with Crippen LogP contribution < -0.4 is 15.4 Å². The van der Waals surface area contributed by atoms with Crippen molar-refractivity contribution in [3.8, 4) is 5.88 Å². The molecule has 1 aromatic heterocycles. The third kappa shape index (κ3) is 2.39. The Labute approximate surface area is 106 Å². The van der Waals surface area contributed by atoms with Crippen LogP contribution in [-0.2, 0) is 4.79 Å². The SMILES string of the molecule is NC(=O)[C@H]1CCN(c2ccnc(OC3CC3)c2)C1. The van der Waals surface area contributed by atoms with E-state index in [-0.39, 0.29) is 11.8 Å². The van der Waals surface area contributed by atoms with Crippen LogP contribution in [0.5, 0.6) is 5.88 Å². The number of nitrogens with two attached hydrogens (primary N) is 1. The van der Waals surface area contributed by atoms with E-state index in [0.29, 0.717) is 18.5 Å². The molecule has 96 valence electrons. The Hall–Kier alpha value is -1.78. The molecule has 1 aliphatic carbocycles. The molecule has 5 heteroatoms. The van der Waals surface area contributed by atoms with Crippen LogP contribution in [0.3, 0.4) is 0 Å². The Balaban J connectivity index is 1.70. The molecule has 18 heavy (non-hydrogen) atoms. The molecule has 5 nitrogen and oxygen atoms in total. The second-order valence-electron chi connectivity index (χ2n) is 5.00. The second kappa shape index (κ2) is 4.48. The lowest BCUT2D eigenvalue weighted by Crippen LogP contribution is -2.27. The van der Waals surface area contributed by atoms with E-state index in [9.17, 15) is 4.79 Å². The summed E-state index contributed by atoms with van der Waals surface area (Å²) in [5.74, 6) is 0.435. The summed E-state index contributed by atoms with van der Waals surface area (Å²) in [6.45, 7) is 1.56. The number of pyridine rings is 1. The average molecular weight is 247 g/mol. The van der Waals surface area contributed by atoms with Gasteiger partial charge in [-0.05, 0) is 25.3 Å². The summed E-state index contributed by atoms with van der Waals surface area (Å²) < 4.78 is 5.67. The van der Waals surface area contributed by atoms with Crippen molar-refractivity contribution < 1.29 is 9.53 Å². The molecule has 0 spiro atoms. The summed E-state index contributed by atoms with van der Waals surface area (Å²) in [7, 11) is 0. The second-order valence-corrected chi connectivity index (χ2v) is 5.00. The number of ether oxygens (including phenoxy) is 1. The number of carbonyl (C=O) groups excluding carboxylic acids is 1. The molecule has 1 saturated heterocycles. The first-order chi connectivity index (χ1) is 8.72. The van der Waals surface area contributed by atoms with Gasteiger partial charge in [-0.2, -0.15) is 0 Å². The maximum atomic E-state index is 11.2. The Kier molecular flexibility index (Phi) is 2.81. The number of primary amides is 1. The Morgan fingerprint density at radius 3 is 2.94 bits per heavy atom. The standard InChI is InChI=1S/C13H17N3O2/c14-13(17)9-4-6-16(8-9)10-3-5-15-12(7-10)18-11-1-2-11/h3,5,7,9,11H,1-2,4,6,8H2,(H2,14,17)/t9-/m0/s1. The summed E-state index contributed by atoms with van der Waals surface area (Å²) in [5.41, 5.74) is 6.40. The van der Waals surface area contributed by atoms with Crippen molar-refractivity contribution in [2.75, 3.05) is 18.0 Å². The molecule has 0 bridgehead atoms. The van der Waals surface area contributed by atoms with Gasteiger partial charge in [-0.15, -0.1) is 0 Å². The lowest BCUT2D eigenvalue weighted by molar-refractivity contribution is -0.121. The fourth-order valence-corrected chi connectivity index (χ4v) is 2.24. The van der Waals surface area contributed by atoms with Gasteiger partial charge < -0.3 is 15.4 Å². The zero-order chi connectivity index (χ0) is 12.5. The Morgan fingerprint density at radius 1 is 1.44 bits per heavy atom. The first-order valence-electron chi connectivity index (χ1n) is 6.39. The van der Waals surface area contributed by atoms with Crippen LogP contribution in [0.25, 0.3) is 0 Å².